The van der Waals surface area contributed by atoms with Gasteiger partial charge in [0.15, 0.2) is 0 Å². The molecule has 19 heavy (non-hydrogen) atoms. The van der Waals surface area contributed by atoms with Gasteiger partial charge in [0.1, 0.15) is 6.54 Å². The van der Waals surface area contributed by atoms with E-state index in [9.17, 15) is 9.59 Å². The Morgan fingerprint density at radius 3 is 2.68 bits per heavy atom. The summed E-state index contributed by atoms with van der Waals surface area (Å²) >= 11 is 5.96. The fourth-order valence-electron chi connectivity index (χ4n) is 1.88. The van der Waals surface area contributed by atoms with Crippen LogP contribution in [0.25, 0.3) is 0 Å². The molecular formula is C14H17ClN2O2. The number of benzene rings is 1. The Kier molecular flexibility index (Phi) is 4.10. The number of hydrogen-bond acceptors (Lipinski definition) is 2. The second-order valence-electron chi connectivity index (χ2n) is 4.88. The molecule has 4 nitrogen and oxygen atoms in total. The fraction of sp³-hybridized carbons (Fsp3) is 0.429. The molecule has 1 aromatic carbocycles. The maximum absolute atomic E-state index is 11.8. The monoisotopic (exact) mass is 280 g/mol. The van der Waals surface area contributed by atoms with Gasteiger partial charge in [-0.25, -0.2) is 0 Å². The van der Waals surface area contributed by atoms with Crippen LogP contribution in [0.3, 0.4) is 0 Å². The highest BCUT2D eigenvalue weighted by Gasteiger charge is 2.25. The number of hydrogen-bond donors (Lipinski definition) is 1. The third kappa shape index (κ3) is 3.70. The number of carbonyl (C=O) groups is 2. The summed E-state index contributed by atoms with van der Waals surface area (Å²) in [7, 11) is 0. The first kappa shape index (κ1) is 13.9. The molecule has 1 aliphatic carbocycles. The molecule has 1 fully saturated rings. The molecule has 0 atom stereocenters. The SMILES string of the molecule is CC(=O)N(CC(=O)NC1CC1)c1cc(Cl)ccc1C. The van der Waals surface area contributed by atoms with E-state index in [1.54, 1.807) is 12.1 Å². The van der Waals surface area contributed by atoms with Gasteiger partial charge < -0.3 is 10.2 Å². The predicted octanol–water partition coefficient (Wildman–Crippen LogP) is 2.28. The Labute approximate surface area is 117 Å². The van der Waals surface area contributed by atoms with E-state index in [2.05, 4.69) is 5.32 Å². The third-order valence-electron chi connectivity index (χ3n) is 3.09. The topological polar surface area (TPSA) is 49.4 Å². The molecule has 0 aliphatic heterocycles. The summed E-state index contributed by atoms with van der Waals surface area (Å²) in [4.78, 5) is 25.0. The number of anilines is 1. The highest BCUT2D eigenvalue weighted by molar-refractivity contribution is 6.31. The first-order valence-electron chi connectivity index (χ1n) is 6.31. The molecule has 2 rings (SSSR count). The van der Waals surface area contributed by atoms with Crippen LogP contribution in [0.15, 0.2) is 18.2 Å². The maximum atomic E-state index is 11.8. The van der Waals surface area contributed by atoms with E-state index < -0.39 is 0 Å². The van der Waals surface area contributed by atoms with Crippen LogP contribution in [0.1, 0.15) is 25.3 Å². The van der Waals surface area contributed by atoms with Gasteiger partial charge in [-0.15, -0.1) is 0 Å². The smallest absolute Gasteiger partial charge is 0.240 e. The maximum Gasteiger partial charge on any atom is 0.240 e. The van der Waals surface area contributed by atoms with Crippen molar-refractivity contribution in [3.8, 4) is 0 Å². The lowest BCUT2D eigenvalue weighted by atomic mass is 10.1. The summed E-state index contributed by atoms with van der Waals surface area (Å²) in [5.74, 6) is -0.298. The predicted molar refractivity (Wildman–Crippen MR) is 75.4 cm³/mol. The van der Waals surface area contributed by atoms with E-state index in [1.165, 1.54) is 11.8 Å². The van der Waals surface area contributed by atoms with Crippen molar-refractivity contribution in [1.82, 2.24) is 5.32 Å². The number of amides is 2. The van der Waals surface area contributed by atoms with Gasteiger partial charge in [-0.1, -0.05) is 17.7 Å². The molecule has 0 aromatic heterocycles. The Hall–Kier alpha value is -1.55. The van der Waals surface area contributed by atoms with Crippen molar-refractivity contribution >= 4 is 29.1 Å². The van der Waals surface area contributed by atoms with Crippen molar-refractivity contribution in [2.45, 2.75) is 32.7 Å². The summed E-state index contributed by atoms with van der Waals surface area (Å²) in [6.45, 7) is 3.37. The van der Waals surface area contributed by atoms with Gasteiger partial charge in [-0.05, 0) is 37.5 Å². The van der Waals surface area contributed by atoms with E-state index in [4.69, 9.17) is 11.6 Å². The van der Waals surface area contributed by atoms with Gasteiger partial charge in [0.05, 0.1) is 0 Å². The van der Waals surface area contributed by atoms with Crippen LogP contribution in [0.2, 0.25) is 5.02 Å². The molecule has 1 N–H and O–H groups in total. The van der Waals surface area contributed by atoms with Crippen molar-refractivity contribution in [3.63, 3.8) is 0 Å². The molecule has 1 saturated carbocycles. The first-order valence-corrected chi connectivity index (χ1v) is 6.69. The lowest BCUT2D eigenvalue weighted by molar-refractivity contribution is -0.123. The number of aryl methyl sites for hydroxylation is 1. The van der Waals surface area contributed by atoms with Gasteiger partial charge in [0.25, 0.3) is 0 Å². The van der Waals surface area contributed by atoms with E-state index in [1.807, 2.05) is 13.0 Å². The van der Waals surface area contributed by atoms with Crippen molar-refractivity contribution in [3.05, 3.63) is 28.8 Å². The molecule has 2 amide bonds. The summed E-state index contributed by atoms with van der Waals surface area (Å²) in [5, 5.41) is 3.43. The van der Waals surface area contributed by atoms with Gasteiger partial charge in [0.2, 0.25) is 11.8 Å². The number of rotatable bonds is 4. The zero-order chi connectivity index (χ0) is 14.0. The third-order valence-corrected chi connectivity index (χ3v) is 3.32. The average Bonchev–Trinajstić information content (AvgIpc) is 3.13. The zero-order valence-electron chi connectivity index (χ0n) is 11.1. The summed E-state index contributed by atoms with van der Waals surface area (Å²) in [6, 6.07) is 5.61. The first-order chi connectivity index (χ1) is 8.97. The van der Waals surface area contributed by atoms with Crippen molar-refractivity contribution in [1.29, 1.82) is 0 Å². The van der Waals surface area contributed by atoms with Crippen LogP contribution in [0, 0.1) is 6.92 Å². The minimum atomic E-state index is -0.170. The van der Waals surface area contributed by atoms with Crippen LogP contribution >= 0.6 is 11.6 Å². The molecule has 0 radical (unpaired) electrons. The number of nitrogens with one attached hydrogen (secondary N) is 1. The van der Waals surface area contributed by atoms with E-state index in [0.717, 1.165) is 18.4 Å². The van der Waals surface area contributed by atoms with Gasteiger partial charge >= 0.3 is 0 Å². The highest BCUT2D eigenvalue weighted by Crippen LogP contribution is 2.24. The molecule has 0 unspecified atom stereocenters. The number of carbonyl (C=O) groups excluding carboxylic acids is 2. The van der Waals surface area contributed by atoms with Crippen molar-refractivity contribution < 1.29 is 9.59 Å². The van der Waals surface area contributed by atoms with Gasteiger partial charge in [-0.3, -0.25) is 9.59 Å². The molecule has 1 aromatic rings. The van der Waals surface area contributed by atoms with Crippen LogP contribution in [-0.4, -0.2) is 24.4 Å². The molecule has 102 valence electrons. The largest absolute Gasteiger partial charge is 0.352 e. The minimum Gasteiger partial charge on any atom is -0.352 e. The lowest BCUT2D eigenvalue weighted by Gasteiger charge is -2.22. The van der Waals surface area contributed by atoms with Crippen LogP contribution in [0.4, 0.5) is 5.69 Å². The summed E-state index contributed by atoms with van der Waals surface area (Å²) in [6.07, 6.45) is 2.06. The van der Waals surface area contributed by atoms with Gasteiger partial charge in [-0.2, -0.15) is 0 Å². The van der Waals surface area contributed by atoms with Crippen LogP contribution in [0.5, 0.6) is 0 Å². The molecule has 0 heterocycles. The quantitative estimate of drug-likeness (QED) is 0.920. The summed E-state index contributed by atoms with van der Waals surface area (Å²) < 4.78 is 0. The Morgan fingerprint density at radius 2 is 2.11 bits per heavy atom. The molecular weight excluding hydrogens is 264 g/mol. The number of halogens is 1. The molecule has 0 spiro atoms. The van der Waals surface area contributed by atoms with Crippen LogP contribution in [-0.2, 0) is 9.59 Å². The summed E-state index contributed by atoms with van der Waals surface area (Å²) in [5.41, 5.74) is 1.60. The Bertz CT molecular complexity index is 512. The van der Waals surface area contributed by atoms with Crippen LogP contribution < -0.4 is 10.2 Å². The zero-order valence-corrected chi connectivity index (χ0v) is 11.8. The molecule has 5 heteroatoms. The number of nitrogens with zero attached hydrogens (tertiary/aromatic N) is 1. The lowest BCUT2D eigenvalue weighted by Crippen LogP contribution is -2.40. The van der Waals surface area contributed by atoms with E-state index in [-0.39, 0.29) is 18.4 Å². The molecule has 0 bridgehead atoms. The highest BCUT2D eigenvalue weighted by atomic mass is 35.5. The van der Waals surface area contributed by atoms with E-state index >= 15 is 0 Å². The normalized spacial score (nSPS) is 14.1. The molecule has 1 aliphatic rings. The van der Waals surface area contributed by atoms with Crippen molar-refractivity contribution in [2.24, 2.45) is 0 Å². The molecule has 0 saturated heterocycles. The Morgan fingerprint density at radius 1 is 1.42 bits per heavy atom. The second-order valence-corrected chi connectivity index (χ2v) is 5.31. The average molecular weight is 281 g/mol. The van der Waals surface area contributed by atoms with Crippen molar-refractivity contribution in [2.75, 3.05) is 11.4 Å². The van der Waals surface area contributed by atoms with E-state index in [0.29, 0.717) is 16.8 Å². The second kappa shape index (κ2) is 5.61. The fourth-order valence-corrected chi connectivity index (χ4v) is 2.05. The minimum absolute atomic E-state index is 0.0347. The van der Waals surface area contributed by atoms with Gasteiger partial charge in [0, 0.05) is 23.7 Å². The Balaban J connectivity index is 2.16. The standard InChI is InChI=1S/C14H17ClN2O2/c1-9-3-4-11(15)7-13(9)17(10(2)18)8-14(19)16-12-5-6-12/h3-4,7,12H,5-6,8H2,1-2H3,(H,16,19).